The van der Waals surface area contributed by atoms with Crippen LogP contribution in [-0.2, 0) is 24.8 Å². The van der Waals surface area contributed by atoms with Crippen molar-refractivity contribution in [2.24, 2.45) is 0 Å². The molecular formula is C26H25N5O5S2. The predicted octanol–water partition coefficient (Wildman–Crippen LogP) is 3.73. The summed E-state index contributed by atoms with van der Waals surface area (Å²) in [7, 11) is -8.01. The molecule has 0 radical (unpaired) electrons. The van der Waals surface area contributed by atoms with Gasteiger partial charge in [0.15, 0.2) is 0 Å². The number of hydrogen-bond donors (Lipinski definition) is 2. The summed E-state index contributed by atoms with van der Waals surface area (Å²) in [6.45, 7) is 3.18. The van der Waals surface area contributed by atoms with Crippen LogP contribution in [0.5, 0.6) is 0 Å². The molecular weight excluding hydrogens is 526 g/mol. The Hall–Kier alpha value is -4.29. The summed E-state index contributed by atoms with van der Waals surface area (Å²) >= 11 is 0. The zero-order valence-electron chi connectivity index (χ0n) is 20.6. The molecule has 0 unspecified atom stereocenters. The molecule has 10 nitrogen and oxygen atoms in total. The normalized spacial score (nSPS) is 11.5. The highest BCUT2D eigenvalue weighted by atomic mass is 32.2. The van der Waals surface area contributed by atoms with Gasteiger partial charge in [0.2, 0.25) is 11.9 Å². The topological polar surface area (TPSA) is 138 Å². The largest absolute Gasteiger partial charge is 0.325 e. The number of rotatable bonds is 9. The van der Waals surface area contributed by atoms with Crippen molar-refractivity contribution in [2.75, 3.05) is 20.9 Å². The smallest absolute Gasteiger partial charge is 0.264 e. The van der Waals surface area contributed by atoms with E-state index in [0.29, 0.717) is 16.9 Å². The van der Waals surface area contributed by atoms with Gasteiger partial charge in [0, 0.05) is 18.1 Å². The van der Waals surface area contributed by atoms with Crippen molar-refractivity contribution in [1.29, 1.82) is 0 Å². The van der Waals surface area contributed by atoms with Crippen LogP contribution in [0.2, 0.25) is 0 Å². The summed E-state index contributed by atoms with van der Waals surface area (Å²) in [5.74, 6) is -0.674. The second-order valence-corrected chi connectivity index (χ2v) is 11.9. The number of aryl methyl sites for hydroxylation is 2. The molecule has 0 atom stereocenters. The number of hydrogen-bond acceptors (Lipinski definition) is 7. The van der Waals surface area contributed by atoms with E-state index in [9.17, 15) is 21.6 Å². The maximum Gasteiger partial charge on any atom is 0.264 e. The van der Waals surface area contributed by atoms with Crippen molar-refractivity contribution in [3.05, 3.63) is 102 Å². The highest BCUT2D eigenvalue weighted by Gasteiger charge is 2.28. The summed E-state index contributed by atoms with van der Waals surface area (Å²) in [5.41, 5.74) is 2.32. The second kappa shape index (κ2) is 11.0. The monoisotopic (exact) mass is 551 g/mol. The van der Waals surface area contributed by atoms with Gasteiger partial charge in [-0.05, 0) is 67.9 Å². The lowest BCUT2D eigenvalue weighted by molar-refractivity contribution is -0.114. The number of anilines is 3. The van der Waals surface area contributed by atoms with Gasteiger partial charge in [-0.25, -0.2) is 31.5 Å². The van der Waals surface area contributed by atoms with Crippen molar-refractivity contribution in [3.63, 3.8) is 0 Å². The Morgan fingerprint density at radius 1 is 0.816 bits per heavy atom. The minimum absolute atomic E-state index is 0.0530. The molecule has 0 fully saturated rings. The molecule has 0 bridgehead atoms. The molecule has 1 amide bonds. The van der Waals surface area contributed by atoms with Gasteiger partial charge in [0.1, 0.15) is 6.54 Å². The highest BCUT2D eigenvalue weighted by molar-refractivity contribution is 7.93. The van der Waals surface area contributed by atoms with Gasteiger partial charge in [0.05, 0.1) is 15.5 Å². The number of sulfonamides is 2. The molecule has 1 aromatic heterocycles. The average molecular weight is 552 g/mol. The first-order valence-electron chi connectivity index (χ1n) is 11.4. The third kappa shape index (κ3) is 6.15. The van der Waals surface area contributed by atoms with E-state index in [2.05, 4.69) is 20.0 Å². The van der Waals surface area contributed by atoms with Crippen molar-refractivity contribution in [2.45, 2.75) is 23.6 Å². The van der Waals surface area contributed by atoms with E-state index >= 15 is 0 Å². The Kier molecular flexibility index (Phi) is 7.74. The molecule has 1 heterocycles. The van der Waals surface area contributed by atoms with Gasteiger partial charge < -0.3 is 5.32 Å². The fourth-order valence-electron chi connectivity index (χ4n) is 3.68. The quantitative estimate of drug-likeness (QED) is 0.323. The molecule has 0 saturated heterocycles. The maximum absolute atomic E-state index is 13.5. The van der Waals surface area contributed by atoms with E-state index in [1.165, 1.54) is 48.8 Å². The van der Waals surface area contributed by atoms with Crippen LogP contribution in [0, 0.1) is 13.8 Å². The molecule has 4 rings (SSSR count). The fraction of sp³-hybridized carbons (Fsp3) is 0.115. The zero-order valence-corrected chi connectivity index (χ0v) is 22.2. The van der Waals surface area contributed by atoms with E-state index < -0.39 is 32.5 Å². The van der Waals surface area contributed by atoms with Crippen LogP contribution < -0.4 is 14.3 Å². The van der Waals surface area contributed by atoms with E-state index in [-0.39, 0.29) is 15.7 Å². The molecule has 0 spiro atoms. The number of carbonyl (C=O) groups excluding carboxylic acids is 1. The first kappa shape index (κ1) is 26.8. The molecule has 3 aromatic carbocycles. The van der Waals surface area contributed by atoms with Crippen molar-refractivity contribution >= 4 is 43.3 Å². The highest BCUT2D eigenvalue weighted by Crippen LogP contribution is 2.28. The zero-order chi connectivity index (χ0) is 27.3. The molecule has 0 aliphatic rings. The molecule has 38 heavy (non-hydrogen) atoms. The first-order chi connectivity index (χ1) is 18.1. The fourth-order valence-corrected chi connectivity index (χ4v) is 6.15. The summed E-state index contributed by atoms with van der Waals surface area (Å²) in [4.78, 5) is 20.7. The maximum atomic E-state index is 13.5. The molecule has 0 saturated carbocycles. The Balaban J connectivity index is 1.55. The number of carbonyl (C=O) groups is 1. The van der Waals surface area contributed by atoms with Crippen LogP contribution in [0.4, 0.5) is 17.3 Å². The van der Waals surface area contributed by atoms with Gasteiger partial charge >= 0.3 is 0 Å². The van der Waals surface area contributed by atoms with Crippen molar-refractivity contribution in [1.82, 2.24) is 9.97 Å². The summed E-state index contributed by atoms with van der Waals surface area (Å²) in [5, 5.41) is 2.64. The molecule has 12 heteroatoms. The Bertz CT molecular complexity index is 1650. The second-order valence-electron chi connectivity index (χ2n) is 8.37. The Labute approximate surface area is 221 Å². The van der Waals surface area contributed by atoms with Crippen LogP contribution in [0.15, 0.2) is 101 Å². The van der Waals surface area contributed by atoms with Gasteiger partial charge in [-0.3, -0.25) is 9.10 Å². The van der Waals surface area contributed by atoms with Gasteiger partial charge in [-0.2, -0.15) is 0 Å². The van der Waals surface area contributed by atoms with Crippen LogP contribution in [-0.4, -0.2) is 39.3 Å². The average Bonchev–Trinajstić information content (AvgIpc) is 2.89. The van der Waals surface area contributed by atoms with E-state index in [0.717, 1.165) is 9.87 Å². The number of aromatic nitrogens is 2. The Morgan fingerprint density at radius 2 is 1.47 bits per heavy atom. The third-order valence-electron chi connectivity index (χ3n) is 5.48. The predicted molar refractivity (Wildman–Crippen MR) is 145 cm³/mol. The summed E-state index contributed by atoms with van der Waals surface area (Å²) in [6, 6.07) is 20.2. The van der Waals surface area contributed by atoms with Gasteiger partial charge in [0.25, 0.3) is 20.0 Å². The van der Waals surface area contributed by atoms with Crippen molar-refractivity contribution in [3.8, 4) is 0 Å². The Morgan fingerprint density at radius 3 is 2.11 bits per heavy atom. The third-order valence-corrected chi connectivity index (χ3v) is 8.60. The van der Waals surface area contributed by atoms with Crippen LogP contribution in [0.1, 0.15) is 11.1 Å². The van der Waals surface area contributed by atoms with Crippen molar-refractivity contribution < 1.29 is 21.6 Å². The molecule has 0 aliphatic heterocycles. The first-order valence-corrected chi connectivity index (χ1v) is 14.3. The molecule has 4 aromatic rings. The number of nitrogens with zero attached hydrogens (tertiary/aromatic N) is 3. The lowest BCUT2D eigenvalue weighted by atomic mass is 10.1. The standard InChI is InChI=1S/C26H25N5O5S2/c1-19-9-14-24(20(2)17-19)31(38(35,36)23-7-4-3-5-8-23)18-25(32)29-21-10-12-22(13-11-21)37(33,34)30-26-27-15-6-16-28-26/h3-17H,18H2,1-2H3,(H,29,32)(H,27,28,30). The van der Waals surface area contributed by atoms with E-state index in [1.807, 2.05) is 13.0 Å². The van der Waals surface area contributed by atoms with Crippen LogP contribution in [0.25, 0.3) is 0 Å². The lowest BCUT2D eigenvalue weighted by Gasteiger charge is -2.26. The van der Waals surface area contributed by atoms with Crippen LogP contribution >= 0.6 is 0 Å². The number of amides is 1. The SMILES string of the molecule is Cc1ccc(N(CC(=O)Nc2ccc(S(=O)(=O)Nc3ncccn3)cc2)S(=O)(=O)c2ccccc2)c(C)c1. The lowest BCUT2D eigenvalue weighted by Crippen LogP contribution is -2.38. The minimum Gasteiger partial charge on any atom is -0.325 e. The van der Waals surface area contributed by atoms with Gasteiger partial charge in [-0.1, -0.05) is 35.9 Å². The van der Waals surface area contributed by atoms with E-state index in [4.69, 9.17) is 0 Å². The van der Waals surface area contributed by atoms with Crippen LogP contribution in [0.3, 0.4) is 0 Å². The summed E-state index contributed by atoms with van der Waals surface area (Å²) < 4.78 is 55.6. The number of benzene rings is 3. The van der Waals surface area contributed by atoms with E-state index in [1.54, 1.807) is 43.3 Å². The summed E-state index contributed by atoms with van der Waals surface area (Å²) in [6.07, 6.45) is 2.81. The molecule has 0 aliphatic carbocycles. The molecule has 2 N–H and O–H groups in total. The van der Waals surface area contributed by atoms with Gasteiger partial charge in [-0.15, -0.1) is 0 Å². The minimum atomic E-state index is -4.06. The molecule has 196 valence electrons. The number of nitrogens with one attached hydrogen (secondary N) is 2.